The summed E-state index contributed by atoms with van der Waals surface area (Å²) in [6, 6.07) is 8.26. The molecule has 3 aromatic rings. The molecule has 2 aromatic heterocycles. The molecule has 0 aliphatic carbocycles. The van der Waals surface area contributed by atoms with Gasteiger partial charge in [0.15, 0.2) is 5.13 Å². The Morgan fingerprint density at radius 1 is 1.33 bits per heavy atom. The van der Waals surface area contributed by atoms with E-state index in [2.05, 4.69) is 43.3 Å². The molecule has 0 saturated heterocycles. The second-order valence-corrected chi connectivity index (χ2v) is 6.58. The van der Waals surface area contributed by atoms with Crippen LogP contribution in [-0.2, 0) is 13.0 Å². The molecule has 0 fully saturated rings. The van der Waals surface area contributed by atoms with E-state index < -0.39 is 0 Å². The van der Waals surface area contributed by atoms with Crippen molar-refractivity contribution in [2.24, 2.45) is 5.92 Å². The number of anilines is 1. The van der Waals surface area contributed by atoms with Crippen LogP contribution in [0.25, 0.3) is 10.2 Å². The van der Waals surface area contributed by atoms with Gasteiger partial charge in [-0.3, -0.25) is 0 Å². The first-order valence-electron chi connectivity index (χ1n) is 7.28. The zero-order valence-electron chi connectivity index (χ0n) is 11.9. The minimum absolute atomic E-state index is 0.610. The molecule has 0 radical (unpaired) electrons. The molecule has 1 aliphatic heterocycles. The number of benzene rings is 1. The summed E-state index contributed by atoms with van der Waals surface area (Å²) in [5.74, 6) is 2.76. The van der Waals surface area contributed by atoms with E-state index in [1.807, 2.05) is 13.0 Å². The molecule has 4 rings (SSSR count). The normalized spacial score (nSPS) is 17.9. The van der Waals surface area contributed by atoms with Crippen molar-refractivity contribution in [3.63, 3.8) is 0 Å². The highest BCUT2D eigenvalue weighted by Gasteiger charge is 2.21. The van der Waals surface area contributed by atoms with Crippen LogP contribution in [0, 0.1) is 12.8 Å². The van der Waals surface area contributed by atoms with Crippen LogP contribution in [0.4, 0.5) is 5.13 Å². The van der Waals surface area contributed by atoms with Crippen molar-refractivity contribution in [3.05, 3.63) is 35.9 Å². The monoisotopic (exact) mass is 299 g/mol. The molecule has 1 atom stereocenters. The summed E-state index contributed by atoms with van der Waals surface area (Å²) in [7, 11) is 0. The topological polar surface area (TPSA) is 55.6 Å². The molecule has 0 saturated carbocycles. The quantitative estimate of drug-likeness (QED) is 0.808. The van der Waals surface area contributed by atoms with Gasteiger partial charge in [-0.05, 0) is 31.4 Å². The molecular weight excluding hydrogens is 282 g/mol. The Kier molecular flexibility index (Phi) is 3.11. The molecule has 108 valence electrons. The predicted octanol–water partition coefficient (Wildman–Crippen LogP) is 2.87. The van der Waals surface area contributed by atoms with Gasteiger partial charge in [-0.15, -0.1) is 10.2 Å². The maximum absolute atomic E-state index is 4.62. The highest BCUT2D eigenvalue weighted by Crippen LogP contribution is 2.26. The van der Waals surface area contributed by atoms with Gasteiger partial charge in [0, 0.05) is 19.5 Å². The highest BCUT2D eigenvalue weighted by molar-refractivity contribution is 7.22. The molecule has 0 spiro atoms. The summed E-state index contributed by atoms with van der Waals surface area (Å²) in [5.41, 5.74) is 1.07. The van der Waals surface area contributed by atoms with Crippen LogP contribution >= 0.6 is 11.3 Å². The zero-order chi connectivity index (χ0) is 14.2. The summed E-state index contributed by atoms with van der Waals surface area (Å²) in [6.07, 6.45) is 2.18. The number of thiazole rings is 1. The number of nitrogens with one attached hydrogen (secondary N) is 1. The molecule has 6 heteroatoms. The van der Waals surface area contributed by atoms with Gasteiger partial charge in [0.05, 0.1) is 10.2 Å². The van der Waals surface area contributed by atoms with Crippen LogP contribution in [0.15, 0.2) is 24.3 Å². The zero-order valence-corrected chi connectivity index (χ0v) is 12.7. The highest BCUT2D eigenvalue weighted by atomic mass is 32.1. The number of nitrogens with zero attached hydrogens (tertiary/aromatic N) is 4. The molecule has 3 heterocycles. The molecule has 0 bridgehead atoms. The van der Waals surface area contributed by atoms with Gasteiger partial charge < -0.3 is 9.88 Å². The molecule has 0 unspecified atom stereocenters. The summed E-state index contributed by atoms with van der Waals surface area (Å²) in [5, 5.41) is 12.9. The third-order valence-corrected chi connectivity index (χ3v) is 5.06. The maximum Gasteiger partial charge on any atom is 0.183 e. The summed E-state index contributed by atoms with van der Waals surface area (Å²) in [6.45, 7) is 3.99. The molecule has 1 N–H and O–H groups in total. The van der Waals surface area contributed by atoms with Gasteiger partial charge in [-0.2, -0.15) is 0 Å². The van der Waals surface area contributed by atoms with Crippen molar-refractivity contribution < 1.29 is 0 Å². The van der Waals surface area contributed by atoms with Gasteiger partial charge >= 0.3 is 0 Å². The fraction of sp³-hybridized carbons (Fsp3) is 0.400. The van der Waals surface area contributed by atoms with Crippen molar-refractivity contribution in [1.82, 2.24) is 19.7 Å². The van der Waals surface area contributed by atoms with Crippen molar-refractivity contribution in [3.8, 4) is 0 Å². The summed E-state index contributed by atoms with van der Waals surface area (Å²) >= 11 is 1.72. The Morgan fingerprint density at radius 2 is 2.24 bits per heavy atom. The predicted molar refractivity (Wildman–Crippen MR) is 84.7 cm³/mol. The van der Waals surface area contributed by atoms with Gasteiger partial charge in [0.1, 0.15) is 11.6 Å². The number of hydrogen-bond donors (Lipinski definition) is 1. The molecule has 5 nitrogen and oxygen atoms in total. The fourth-order valence-corrected chi connectivity index (χ4v) is 3.75. The minimum Gasteiger partial charge on any atom is -0.361 e. The number of fused-ring (bicyclic) bond motifs is 2. The van der Waals surface area contributed by atoms with Crippen molar-refractivity contribution >= 4 is 26.7 Å². The van der Waals surface area contributed by atoms with Crippen LogP contribution in [-0.4, -0.2) is 26.3 Å². The van der Waals surface area contributed by atoms with Gasteiger partial charge in [-0.25, -0.2) is 4.98 Å². The summed E-state index contributed by atoms with van der Waals surface area (Å²) < 4.78 is 3.48. The number of aryl methyl sites for hydroxylation is 2. The third kappa shape index (κ3) is 2.40. The Hall–Kier alpha value is -1.95. The van der Waals surface area contributed by atoms with E-state index in [0.29, 0.717) is 5.92 Å². The van der Waals surface area contributed by atoms with Crippen molar-refractivity contribution in [2.75, 3.05) is 11.9 Å². The first kappa shape index (κ1) is 12.8. The third-order valence-electron chi connectivity index (χ3n) is 4.07. The van der Waals surface area contributed by atoms with Gasteiger partial charge in [-0.1, -0.05) is 23.5 Å². The maximum atomic E-state index is 4.62. The van der Waals surface area contributed by atoms with Gasteiger partial charge in [0.2, 0.25) is 0 Å². The second kappa shape index (κ2) is 5.11. The van der Waals surface area contributed by atoms with Crippen LogP contribution < -0.4 is 5.32 Å². The standard InChI is InChI=1S/C15H17N5S/c1-10-18-19-14-7-6-11(9-20(10)14)8-16-15-17-12-4-2-3-5-13(12)21-15/h2-5,11H,6-9H2,1H3,(H,16,17)/t11-/m0/s1. The van der Waals surface area contributed by atoms with E-state index in [-0.39, 0.29) is 0 Å². The first-order chi connectivity index (χ1) is 10.3. The largest absolute Gasteiger partial charge is 0.361 e. The fourth-order valence-electron chi connectivity index (χ4n) is 2.88. The second-order valence-electron chi connectivity index (χ2n) is 5.55. The SMILES string of the molecule is Cc1nnc2n1C[C@H](CNc1nc3ccccc3s1)CC2. The van der Waals surface area contributed by atoms with Crippen molar-refractivity contribution in [2.45, 2.75) is 26.3 Å². The smallest absolute Gasteiger partial charge is 0.183 e. The molecule has 0 amide bonds. The Bertz CT molecular complexity index is 742. The van der Waals surface area contributed by atoms with Crippen molar-refractivity contribution in [1.29, 1.82) is 0 Å². The molecule has 1 aliphatic rings. The van der Waals surface area contributed by atoms with E-state index in [0.717, 1.165) is 48.2 Å². The van der Waals surface area contributed by atoms with E-state index in [4.69, 9.17) is 0 Å². The lowest BCUT2D eigenvalue weighted by Gasteiger charge is -2.23. The van der Waals surface area contributed by atoms with Crippen LogP contribution in [0.5, 0.6) is 0 Å². The lowest BCUT2D eigenvalue weighted by atomic mass is 9.99. The number of rotatable bonds is 3. The minimum atomic E-state index is 0.610. The lowest BCUT2D eigenvalue weighted by Crippen LogP contribution is -2.26. The average molecular weight is 299 g/mol. The Morgan fingerprint density at radius 3 is 3.14 bits per heavy atom. The Balaban J connectivity index is 1.44. The Labute approximate surface area is 127 Å². The molecule has 21 heavy (non-hydrogen) atoms. The molecular formula is C15H17N5S. The lowest BCUT2D eigenvalue weighted by molar-refractivity contribution is 0.377. The van der Waals surface area contributed by atoms with Crippen LogP contribution in [0.1, 0.15) is 18.1 Å². The van der Waals surface area contributed by atoms with E-state index in [9.17, 15) is 0 Å². The van der Waals surface area contributed by atoms with E-state index in [1.165, 1.54) is 4.70 Å². The number of hydrogen-bond acceptors (Lipinski definition) is 5. The average Bonchev–Trinajstić information content (AvgIpc) is 3.09. The summed E-state index contributed by atoms with van der Waals surface area (Å²) in [4.78, 5) is 4.62. The van der Waals surface area contributed by atoms with E-state index >= 15 is 0 Å². The van der Waals surface area contributed by atoms with Gasteiger partial charge in [0.25, 0.3) is 0 Å². The van der Waals surface area contributed by atoms with Crippen LogP contribution in [0.3, 0.4) is 0 Å². The number of aromatic nitrogens is 4. The number of para-hydroxylation sites is 1. The first-order valence-corrected chi connectivity index (χ1v) is 8.09. The van der Waals surface area contributed by atoms with E-state index in [1.54, 1.807) is 11.3 Å². The molecule has 1 aromatic carbocycles. The van der Waals surface area contributed by atoms with Crippen LogP contribution in [0.2, 0.25) is 0 Å².